The van der Waals surface area contributed by atoms with Gasteiger partial charge in [0.05, 0.1) is 16.6 Å². The minimum absolute atomic E-state index is 0.0139. The normalized spacial score (nSPS) is 11.0. The smallest absolute Gasteiger partial charge is 0.387 e. The van der Waals surface area contributed by atoms with Gasteiger partial charge in [-0.1, -0.05) is 5.16 Å². The van der Waals surface area contributed by atoms with Crippen molar-refractivity contribution in [2.45, 2.75) is 20.5 Å². The number of aromatic nitrogens is 2. The Balaban J connectivity index is 1.86. The van der Waals surface area contributed by atoms with Gasteiger partial charge in [-0.25, -0.2) is 4.98 Å². The SMILES string of the molecule is Cc1cc(C(=O)Nc2ccc(OC(F)F)cc2)c2c(C)noc2n1. The van der Waals surface area contributed by atoms with Gasteiger partial charge in [0.25, 0.3) is 11.6 Å². The van der Waals surface area contributed by atoms with Crippen molar-refractivity contribution < 1.29 is 22.8 Å². The number of hydrogen-bond acceptors (Lipinski definition) is 5. The molecule has 1 aromatic carbocycles. The number of fused-ring (bicyclic) bond motifs is 1. The Morgan fingerprint density at radius 3 is 2.62 bits per heavy atom. The highest BCUT2D eigenvalue weighted by atomic mass is 19.3. The summed E-state index contributed by atoms with van der Waals surface area (Å²) < 4.78 is 33.6. The predicted molar refractivity (Wildman–Crippen MR) is 82.3 cm³/mol. The van der Waals surface area contributed by atoms with E-state index in [1.807, 2.05) is 0 Å². The lowest BCUT2D eigenvalue weighted by molar-refractivity contribution is -0.0498. The fourth-order valence-electron chi connectivity index (χ4n) is 2.31. The number of rotatable bonds is 4. The fourth-order valence-corrected chi connectivity index (χ4v) is 2.31. The number of pyridine rings is 1. The number of carbonyl (C=O) groups is 1. The monoisotopic (exact) mass is 333 g/mol. The Bertz CT molecular complexity index is 891. The molecule has 0 aliphatic carbocycles. The lowest BCUT2D eigenvalue weighted by Gasteiger charge is -2.08. The van der Waals surface area contributed by atoms with Crippen molar-refractivity contribution in [3.8, 4) is 5.75 Å². The summed E-state index contributed by atoms with van der Waals surface area (Å²) >= 11 is 0. The minimum atomic E-state index is -2.89. The standard InChI is InChI=1S/C16H13F2N3O3/c1-8-7-12(13-9(2)21-24-15(13)19-8)14(22)20-10-3-5-11(6-4-10)23-16(17)18/h3-7,16H,1-2H3,(H,20,22). The summed E-state index contributed by atoms with van der Waals surface area (Å²) in [6, 6.07) is 7.28. The molecular formula is C16H13F2N3O3. The highest BCUT2D eigenvalue weighted by molar-refractivity contribution is 6.12. The van der Waals surface area contributed by atoms with Gasteiger partial charge >= 0.3 is 6.61 Å². The van der Waals surface area contributed by atoms with Gasteiger partial charge in [0.2, 0.25) is 0 Å². The van der Waals surface area contributed by atoms with E-state index in [1.165, 1.54) is 24.3 Å². The maximum absolute atomic E-state index is 12.5. The van der Waals surface area contributed by atoms with Gasteiger partial charge in [-0.3, -0.25) is 4.79 Å². The Hall–Kier alpha value is -3.03. The molecule has 24 heavy (non-hydrogen) atoms. The van der Waals surface area contributed by atoms with Crippen LogP contribution in [0.5, 0.6) is 5.75 Å². The molecule has 0 spiro atoms. The van der Waals surface area contributed by atoms with Crippen LogP contribution < -0.4 is 10.1 Å². The van der Waals surface area contributed by atoms with Gasteiger partial charge < -0.3 is 14.6 Å². The first-order valence-electron chi connectivity index (χ1n) is 7.04. The van der Waals surface area contributed by atoms with E-state index in [0.29, 0.717) is 33.7 Å². The number of anilines is 1. The molecule has 0 radical (unpaired) electrons. The zero-order valence-corrected chi connectivity index (χ0v) is 12.8. The van der Waals surface area contributed by atoms with E-state index in [1.54, 1.807) is 19.9 Å². The first-order chi connectivity index (χ1) is 11.4. The van der Waals surface area contributed by atoms with Gasteiger partial charge in [0.1, 0.15) is 5.75 Å². The summed E-state index contributed by atoms with van der Waals surface area (Å²) in [5.41, 5.74) is 2.29. The highest BCUT2D eigenvalue weighted by Crippen LogP contribution is 2.24. The average molecular weight is 333 g/mol. The minimum Gasteiger partial charge on any atom is -0.435 e. The molecule has 0 aliphatic heterocycles. The second-order valence-electron chi connectivity index (χ2n) is 5.12. The van der Waals surface area contributed by atoms with E-state index >= 15 is 0 Å². The first kappa shape index (κ1) is 15.9. The lowest BCUT2D eigenvalue weighted by atomic mass is 10.1. The van der Waals surface area contributed by atoms with Gasteiger partial charge in [0.15, 0.2) is 0 Å². The van der Waals surface area contributed by atoms with Crippen LogP contribution in [0.3, 0.4) is 0 Å². The molecule has 3 aromatic rings. The maximum atomic E-state index is 12.5. The van der Waals surface area contributed by atoms with Gasteiger partial charge in [-0.2, -0.15) is 8.78 Å². The van der Waals surface area contributed by atoms with Crippen LogP contribution >= 0.6 is 0 Å². The van der Waals surface area contributed by atoms with Crippen LogP contribution in [-0.4, -0.2) is 22.7 Å². The van der Waals surface area contributed by atoms with E-state index in [9.17, 15) is 13.6 Å². The van der Waals surface area contributed by atoms with Gasteiger partial charge in [0, 0.05) is 11.4 Å². The Kier molecular flexibility index (Phi) is 4.11. The average Bonchev–Trinajstić information content (AvgIpc) is 2.89. The van der Waals surface area contributed by atoms with Crippen molar-refractivity contribution in [3.05, 3.63) is 47.3 Å². The molecule has 0 bridgehead atoms. The number of nitrogens with one attached hydrogen (secondary N) is 1. The van der Waals surface area contributed by atoms with Gasteiger partial charge in [-0.05, 0) is 44.2 Å². The fraction of sp³-hybridized carbons (Fsp3) is 0.188. The molecule has 0 saturated heterocycles. The van der Waals surface area contributed by atoms with E-state index in [-0.39, 0.29) is 11.7 Å². The molecule has 124 valence electrons. The summed E-state index contributed by atoms with van der Waals surface area (Å²) in [5, 5.41) is 7.05. The number of halogens is 2. The first-order valence-corrected chi connectivity index (χ1v) is 7.04. The van der Waals surface area contributed by atoms with Crippen molar-refractivity contribution in [2.24, 2.45) is 0 Å². The second-order valence-corrected chi connectivity index (χ2v) is 5.12. The molecule has 2 aromatic heterocycles. The Morgan fingerprint density at radius 1 is 1.25 bits per heavy atom. The molecular weight excluding hydrogens is 320 g/mol. The molecule has 0 aliphatic rings. The van der Waals surface area contributed by atoms with E-state index in [0.717, 1.165) is 0 Å². The summed E-state index contributed by atoms with van der Waals surface area (Å²) in [6.07, 6.45) is 0. The van der Waals surface area contributed by atoms with Crippen LogP contribution in [0.25, 0.3) is 11.1 Å². The molecule has 2 heterocycles. The number of ether oxygens (including phenoxy) is 1. The molecule has 0 saturated carbocycles. The molecule has 1 amide bonds. The van der Waals surface area contributed by atoms with Crippen LogP contribution in [0, 0.1) is 13.8 Å². The Morgan fingerprint density at radius 2 is 1.96 bits per heavy atom. The molecule has 6 nitrogen and oxygen atoms in total. The van der Waals surface area contributed by atoms with Crippen LogP contribution in [-0.2, 0) is 0 Å². The van der Waals surface area contributed by atoms with Crippen molar-refractivity contribution in [3.63, 3.8) is 0 Å². The molecule has 0 unspecified atom stereocenters. The quantitative estimate of drug-likeness (QED) is 0.788. The number of hydrogen-bond donors (Lipinski definition) is 1. The van der Waals surface area contributed by atoms with E-state index < -0.39 is 6.61 Å². The zero-order valence-electron chi connectivity index (χ0n) is 12.8. The van der Waals surface area contributed by atoms with Crippen molar-refractivity contribution in [1.29, 1.82) is 0 Å². The third kappa shape index (κ3) is 3.17. The van der Waals surface area contributed by atoms with Gasteiger partial charge in [-0.15, -0.1) is 0 Å². The zero-order chi connectivity index (χ0) is 17.3. The number of benzene rings is 1. The summed E-state index contributed by atoms with van der Waals surface area (Å²) in [4.78, 5) is 16.7. The molecule has 0 fully saturated rings. The molecule has 1 N–H and O–H groups in total. The number of carbonyl (C=O) groups excluding carboxylic acids is 1. The van der Waals surface area contributed by atoms with Crippen LogP contribution in [0.1, 0.15) is 21.7 Å². The third-order valence-electron chi connectivity index (χ3n) is 3.33. The molecule has 8 heteroatoms. The highest BCUT2D eigenvalue weighted by Gasteiger charge is 2.18. The van der Waals surface area contributed by atoms with Crippen LogP contribution in [0.2, 0.25) is 0 Å². The lowest BCUT2D eigenvalue weighted by Crippen LogP contribution is -2.13. The van der Waals surface area contributed by atoms with E-state index in [2.05, 4.69) is 20.2 Å². The maximum Gasteiger partial charge on any atom is 0.387 e. The number of amides is 1. The number of nitrogens with zero attached hydrogens (tertiary/aromatic N) is 2. The second kappa shape index (κ2) is 6.23. The summed E-state index contributed by atoms with van der Waals surface area (Å²) in [6.45, 7) is 0.566. The van der Waals surface area contributed by atoms with Crippen LogP contribution in [0.15, 0.2) is 34.9 Å². The largest absolute Gasteiger partial charge is 0.435 e. The number of aryl methyl sites for hydroxylation is 2. The third-order valence-corrected chi connectivity index (χ3v) is 3.33. The topological polar surface area (TPSA) is 77.2 Å². The van der Waals surface area contributed by atoms with Crippen molar-refractivity contribution in [1.82, 2.24) is 10.1 Å². The number of alkyl halides is 2. The predicted octanol–water partition coefficient (Wildman–Crippen LogP) is 3.69. The van der Waals surface area contributed by atoms with Crippen molar-refractivity contribution >= 4 is 22.7 Å². The van der Waals surface area contributed by atoms with Crippen molar-refractivity contribution in [2.75, 3.05) is 5.32 Å². The molecule has 0 atom stereocenters. The van der Waals surface area contributed by atoms with E-state index in [4.69, 9.17) is 4.52 Å². The summed E-state index contributed by atoms with van der Waals surface area (Å²) in [7, 11) is 0. The van der Waals surface area contributed by atoms with Crippen LogP contribution in [0.4, 0.5) is 14.5 Å². The summed E-state index contributed by atoms with van der Waals surface area (Å²) in [5.74, 6) is -0.362. The molecule has 3 rings (SSSR count). The Labute approximate surface area is 135 Å².